The van der Waals surface area contributed by atoms with E-state index in [0.717, 1.165) is 3.79 Å². The van der Waals surface area contributed by atoms with E-state index in [0.29, 0.717) is 42.9 Å². The van der Waals surface area contributed by atoms with E-state index in [1.807, 2.05) is 11.8 Å². The first kappa shape index (κ1) is 19.8. The molecule has 1 aromatic heterocycles. The molecule has 1 fully saturated rings. The Morgan fingerprint density at radius 3 is 2.38 bits per heavy atom. The van der Waals surface area contributed by atoms with Gasteiger partial charge in [0.15, 0.2) is 0 Å². The van der Waals surface area contributed by atoms with Crippen LogP contribution >= 0.6 is 27.3 Å². The summed E-state index contributed by atoms with van der Waals surface area (Å²) in [5.41, 5.74) is 0. The van der Waals surface area contributed by atoms with Crippen molar-refractivity contribution >= 4 is 43.2 Å². The average molecular weight is 438 g/mol. The molecule has 1 unspecified atom stereocenters. The Morgan fingerprint density at radius 2 is 1.88 bits per heavy atom. The predicted octanol–water partition coefficient (Wildman–Crippen LogP) is 1.98. The van der Waals surface area contributed by atoms with E-state index in [1.54, 1.807) is 12.1 Å². The van der Waals surface area contributed by atoms with E-state index in [4.69, 9.17) is 0 Å². The van der Waals surface area contributed by atoms with Crippen LogP contribution in [0.2, 0.25) is 0 Å². The molecule has 1 N–H and O–H groups in total. The Morgan fingerprint density at radius 1 is 1.25 bits per heavy atom. The van der Waals surface area contributed by atoms with Gasteiger partial charge in [0.05, 0.1) is 10.3 Å². The van der Waals surface area contributed by atoms with Crippen molar-refractivity contribution < 1.29 is 13.2 Å². The Balaban J connectivity index is 1.86. The molecule has 1 aromatic rings. The molecular formula is C15H24BrN3O3S2. The van der Waals surface area contributed by atoms with Crippen LogP contribution in [-0.2, 0) is 14.8 Å². The summed E-state index contributed by atoms with van der Waals surface area (Å²) in [6, 6.07) is 3.50. The zero-order valence-corrected chi connectivity index (χ0v) is 17.4. The lowest BCUT2D eigenvalue weighted by molar-refractivity contribution is -0.123. The zero-order chi connectivity index (χ0) is 17.9. The molecule has 1 amide bonds. The number of hydrogen-bond donors (Lipinski definition) is 1. The van der Waals surface area contributed by atoms with Gasteiger partial charge in [0.1, 0.15) is 4.21 Å². The molecule has 1 aliphatic rings. The van der Waals surface area contributed by atoms with E-state index < -0.39 is 10.0 Å². The van der Waals surface area contributed by atoms with Gasteiger partial charge in [-0.2, -0.15) is 4.31 Å². The number of amides is 1. The fraction of sp³-hybridized carbons (Fsp3) is 0.667. The van der Waals surface area contributed by atoms with Gasteiger partial charge in [-0.05, 0) is 40.9 Å². The summed E-state index contributed by atoms with van der Waals surface area (Å²) < 4.78 is 27.8. The molecule has 2 rings (SSSR count). The van der Waals surface area contributed by atoms with Crippen LogP contribution in [-0.4, -0.2) is 62.3 Å². The number of piperazine rings is 1. The summed E-state index contributed by atoms with van der Waals surface area (Å²) in [7, 11) is -3.43. The number of halogens is 1. The van der Waals surface area contributed by atoms with Crippen molar-refractivity contribution in [2.75, 3.05) is 32.7 Å². The van der Waals surface area contributed by atoms with Crippen LogP contribution in [0.25, 0.3) is 0 Å². The number of hydrogen-bond acceptors (Lipinski definition) is 5. The highest BCUT2D eigenvalue weighted by Crippen LogP contribution is 2.28. The Labute approximate surface area is 156 Å². The van der Waals surface area contributed by atoms with Crippen molar-refractivity contribution in [2.45, 2.75) is 31.0 Å². The van der Waals surface area contributed by atoms with Gasteiger partial charge in [-0.15, -0.1) is 11.3 Å². The van der Waals surface area contributed by atoms with Crippen LogP contribution in [0.4, 0.5) is 0 Å². The Bertz CT molecular complexity index is 667. The maximum absolute atomic E-state index is 12.6. The van der Waals surface area contributed by atoms with Gasteiger partial charge < -0.3 is 5.32 Å². The number of thiophene rings is 1. The lowest BCUT2D eigenvalue weighted by Gasteiger charge is -2.33. The zero-order valence-electron chi connectivity index (χ0n) is 14.2. The SMILES string of the molecule is CC(C)C(C)NC(=O)CN1CCN(S(=O)(=O)c2ccc(Br)s2)CC1. The molecule has 0 spiro atoms. The average Bonchev–Trinajstić information content (AvgIpc) is 2.95. The van der Waals surface area contributed by atoms with Crippen LogP contribution in [0.5, 0.6) is 0 Å². The molecule has 0 saturated carbocycles. The van der Waals surface area contributed by atoms with E-state index in [2.05, 4.69) is 35.1 Å². The topological polar surface area (TPSA) is 69.7 Å². The maximum Gasteiger partial charge on any atom is 0.252 e. The normalized spacial score (nSPS) is 18.7. The van der Waals surface area contributed by atoms with Gasteiger partial charge in [0.25, 0.3) is 10.0 Å². The van der Waals surface area contributed by atoms with Crippen LogP contribution in [0.15, 0.2) is 20.1 Å². The molecule has 9 heteroatoms. The first-order valence-electron chi connectivity index (χ1n) is 7.97. The highest BCUT2D eigenvalue weighted by atomic mass is 79.9. The summed E-state index contributed by atoms with van der Waals surface area (Å²) in [4.78, 5) is 14.0. The number of sulfonamides is 1. The number of carbonyl (C=O) groups excluding carboxylic acids is 1. The molecule has 136 valence electrons. The van der Waals surface area contributed by atoms with Crippen molar-refractivity contribution in [1.29, 1.82) is 0 Å². The van der Waals surface area contributed by atoms with Gasteiger partial charge in [-0.25, -0.2) is 8.42 Å². The van der Waals surface area contributed by atoms with E-state index in [9.17, 15) is 13.2 Å². The van der Waals surface area contributed by atoms with Crippen molar-refractivity contribution in [3.8, 4) is 0 Å². The second kappa shape index (κ2) is 8.27. The molecule has 1 saturated heterocycles. The first-order valence-corrected chi connectivity index (χ1v) is 11.0. The van der Waals surface area contributed by atoms with Crippen LogP contribution in [0.3, 0.4) is 0 Å². The molecule has 0 aliphatic carbocycles. The highest BCUT2D eigenvalue weighted by molar-refractivity contribution is 9.11. The number of nitrogens with one attached hydrogen (secondary N) is 1. The Hall–Kier alpha value is -0.480. The molecule has 1 aliphatic heterocycles. The van der Waals surface area contributed by atoms with E-state index >= 15 is 0 Å². The van der Waals surface area contributed by atoms with Crippen molar-refractivity contribution in [3.05, 3.63) is 15.9 Å². The lowest BCUT2D eigenvalue weighted by atomic mass is 10.1. The van der Waals surface area contributed by atoms with Crippen LogP contribution in [0.1, 0.15) is 20.8 Å². The standard InChI is InChI=1S/C15H24BrN3O3S2/c1-11(2)12(3)17-14(20)10-18-6-8-19(9-7-18)24(21,22)15-5-4-13(16)23-15/h4-5,11-12H,6-10H2,1-3H3,(H,17,20). The van der Waals surface area contributed by atoms with Crippen LogP contribution in [0, 0.1) is 5.92 Å². The predicted molar refractivity (Wildman–Crippen MR) is 99.7 cm³/mol. The monoisotopic (exact) mass is 437 g/mol. The van der Waals surface area contributed by atoms with Gasteiger partial charge in [0.2, 0.25) is 5.91 Å². The van der Waals surface area contributed by atoms with Gasteiger partial charge in [-0.3, -0.25) is 9.69 Å². The summed E-state index contributed by atoms with van der Waals surface area (Å²) in [5, 5.41) is 2.98. The van der Waals surface area contributed by atoms with E-state index in [-0.39, 0.29) is 11.9 Å². The van der Waals surface area contributed by atoms with Gasteiger partial charge in [-0.1, -0.05) is 13.8 Å². The van der Waals surface area contributed by atoms with E-state index in [1.165, 1.54) is 15.6 Å². The second-order valence-electron chi connectivity index (χ2n) is 6.34. The first-order chi connectivity index (χ1) is 11.2. The second-order valence-corrected chi connectivity index (χ2v) is 11.0. The quantitative estimate of drug-likeness (QED) is 0.738. The molecule has 6 nitrogen and oxygen atoms in total. The third kappa shape index (κ3) is 5.01. The molecule has 0 radical (unpaired) electrons. The molecular weight excluding hydrogens is 414 g/mol. The Kier molecular flexibility index (Phi) is 6.83. The minimum Gasteiger partial charge on any atom is -0.352 e. The molecule has 0 aromatic carbocycles. The largest absolute Gasteiger partial charge is 0.352 e. The van der Waals surface area contributed by atoms with Crippen molar-refractivity contribution in [2.24, 2.45) is 5.92 Å². The number of rotatable bonds is 6. The molecule has 24 heavy (non-hydrogen) atoms. The maximum atomic E-state index is 12.6. The fourth-order valence-electron chi connectivity index (χ4n) is 2.36. The smallest absolute Gasteiger partial charge is 0.252 e. The minimum absolute atomic E-state index is 0.00491. The molecule has 2 heterocycles. The summed E-state index contributed by atoms with van der Waals surface area (Å²) in [5.74, 6) is 0.385. The van der Waals surface area contributed by atoms with Crippen molar-refractivity contribution in [3.63, 3.8) is 0 Å². The minimum atomic E-state index is -3.43. The fourth-order valence-corrected chi connectivity index (χ4v) is 5.95. The summed E-state index contributed by atoms with van der Waals surface area (Å²) >= 11 is 4.52. The van der Waals surface area contributed by atoms with Gasteiger partial charge >= 0.3 is 0 Å². The third-order valence-corrected chi connectivity index (χ3v) is 8.22. The summed E-state index contributed by atoms with van der Waals surface area (Å²) in [6.07, 6.45) is 0. The third-order valence-electron chi connectivity index (χ3n) is 4.23. The molecule has 0 bridgehead atoms. The van der Waals surface area contributed by atoms with Crippen molar-refractivity contribution in [1.82, 2.24) is 14.5 Å². The lowest BCUT2D eigenvalue weighted by Crippen LogP contribution is -2.51. The molecule has 1 atom stereocenters. The van der Waals surface area contributed by atoms with Crippen LogP contribution < -0.4 is 5.32 Å². The number of carbonyl (C=O) groups is 1. The highest BCUT2D eigenvalue weighted by Gasteiger charge is 2.30. The van der Waals surface area contributed by atoms with Gasteiger partial charge in [0, 0.05) is 32.2 Å². The summed E-state index contributed by atoms with van der Waals surface area (Å²) in [6.45, 7) is 8.39. The number of nitrogens with zero attached hydrogens (tertiary/aromatic N) is 2.